The zero-order chi connectivity index (χ0) is 15.5. The van der Waals surface area contributed by atoms with Gasteiger partial charge in [-0.2, -0.15) is 0 Å². The summed E-state index contributed by atoms with van der Waals surface area (Å²) in [6, 6.07) is 16.3. The molecule has 0 bridgehead atoms. The number of alkyl halides is 2. The summed E-state index contributed by atoms with van der Waals surface area (Å²) in [6.07, 6.45) is 0. The number of hydrogen-bond acceptors (Lipinski definition) is 2. The van der Waals surface area contributed by atoms with Crippen molar-refractivity contribution in [3.63, 3.8) is 0 Å². The molecule has 0 saturated heterocycles. The quantitative estimate of drug-likeness (QED) is 0.727. The molecule has 0 heterocycles. The average molecular weight is 433 g/mol. The zero-order valence-electron chi connectivity index (χ0n) is 11.4. The lowest BCUT2D eigenvalue weighted by molar-refractivity contribution is 0.580. The fourth-order valence-electron chi connectivity index (χ4n) is 1.77. The summed E-state index contributed by atoms with van der Waals surface area (Å²) in [5.74, 6) is 0. The van der Waals surface area contributed by atoms with Crippen molar-refractivity contribution < 1.29 is 8.42 Å². The van der Waals surface area contributed by atoms with E-state index in [-0.39, 0.29) is 11.4 Å². The van der Waals surface area contributed by atoms with Crippen LogP contribution in [0.1, 0.15) is 11.1 Å². The van der Waals surface area contributed by atoms with Crippen LogP contribution in [0.25, 0.3) is 0 Å². The molecule has 0 radical (unpaired) electrons. The van der Waals surface area contributed by atoms with Gasteiger partial charge in [-0.15, -0.1) is 0 Å². The van der Waals surface area contributed by atoms with Gasteiger partial charge in [0.1, 0.15) is 3.23 Å². The lowest BCUT2D eigenvalue weighted by atomic mass is 10.1. The molecule has 3 nitrogen and oxygen atoms in total. The van der Waals surface area contributed by atoms with Gasteiger partial charge in [-0.3, -0.25) is 0 Å². The lowest BCUT2D eigenvalue weighted by Gasteiger charge is -2.21. The Hall–Kier alpha value is -0.690. The maximum absolute atomic E-state index is 12.3. The van der Waals surface area contributed by atoms with Crippen LogP contribution in [-0.4, -0.2) is 15.0 Å². The predicted molar refractivity (Wildman–Crippen MR) is 92.3 cm³/mol. The zero-order valence-corrected chi connectivity index (χ0v) is 15.4. The monoisotopic (exact) mass is 431 g/mol. The molecule has 0 fully saturated rings. The van der Waals surface area contributed by atoms with E-state index >= 15 is 0 Å². The topological polar surface area (TPSA) is 46.2 Å². The van der Waals surface area contributed by atoms with Crippen LogP contribution in [0.15, 0.2) is 59.5 Å². The van der Waals surface area contributed by atoms with Crippen LogP contribution in [0, 0.1) is 6.92 Å². The van der Waals surface area contributed by atoms with E-state index in [0.29, 0.717) is 0 Å². The third-order valence-electron chi connectivity index (χ3n) is 3.01. The highest BCUT2D eigenvalue weighted by atomic mass is 79.9. The Morgan fingerprint density at radius 1 is 1.00 bits per heavy atom. The van der Waals surface area contributed by atoms with E-state index in [4.69, 9.17) is 0 Å². The highest BCUT2D eigenvalue weighted by molar-refractivity contribution is 9.24. The number of benzene rings is 2. The van der Waals surface area contributed by atoms with Gasteiger partial charge in [0, 0.05) is 6.54 Å². The third kappa shape index (κ3) is 4.39. The summed E-state index contributed by atoms with van der Waals surface area (Å²) in [6.45, 7) is 2.11. The van der Waals surface area contributed by atoms with Gasteiger partial charge < -0.3 is 0 Å². The van der Waals surface area contributed by atoms with Gasteiger partial charge in [0.25, 0.3) is 0 Å². The van der Waals surface area contributed by atoms with Crippen LogP contribution in [-0.2, 0) is 13.3 Å². The highest BCUT2D eigenvalue weighted by Gasteiger charge is 2.27. The first kappa shape index (κ1) is 16.7. The van der Waals surface area contributed by atoms with Crippen molar-refractivity contribution in [2.24, 2.45) is 0 Å². The predicted octanol–water partition coefficient (Wildman–Crippen LogP) is 3.92. The maximum Gasteiger partial charge on any atom is 0.240 e. The first-order chi connectivity index (χ1) is 9.81. The summed E-state index contributed by atoms with van der Waals surface area (Å²) in [5.41, 5.74) is 1.96. The van der Waals surface area contributed by atoms with Crippen LogP contribution in [0.3, 0.4) is 0 Å². The van der Waals surface area contributed by atoms with Crippen LogP contribution >= 0.6 is 31.9 Å². The van der Waals surface area contributed by atoms with E-state index in [1.165, 1.54) is 0 Å². The number of nitrogens with one attached hydrogen (secondary N) is 1. The number of hydrogen-bond donors (Lipinski definition) is 1. The third-order valence-corrected chi connectivity index (χ3v) is 5.91. The SMILES string of the molecule is Cc1ccc(S(=O)(=O)NCC(Br)(Br)c2ccccc2)cc1. The molecule has 2 aromatic rings. The number of aryl methyl sites for hydroxylation is 1. The van der Waals surface area contributed by atoms with Crippen molar-refractivity contribution in [3.8, 4) is 0 Å². The molecule has 21 heavy (non-hydrogen) atoms. The van der Waals surface area contributed by atoms with Gasteiger partial charge in [-0.25, -0.2) is 13.1 Å². The Morgan fingerprint density at radius 3 is 2.14 bits per heavy atom. The number of sulfonamides is 1. The highest BCUT2D eigenvalue weighted by Crippen LogP contribution is 2.37. The first-order valence-corrected chi connectivity index (χ1v) is 9.38. The molecule has 1 N–H and O–H groups in total. The second-order valence-corrected chi connectivity index (χ2v) is 10.2. The molecule has 0 aliphatic rings. The summed E-state index contributed by atoms with van der Waals surface area (Å²) in [7, 11) is -3.53. The molecular formula is C15H15Br2NO2S. The van der Waals surface area contributed by atoms with Crippen molar-refractivity contribution in [2.75, 3.05) is 6.54 Å². The van der Waals surface area contributed by atoms with E-state index in [9.17, 15) is 8.42 Å². The molecule has 0 spiro atoms. The fourth-order valence-corrected chi connectivity index (χ4v) is 4.02. The molecule has 0 saturated carbocycles. The van der Waals surface area contributed by atoms with E-state index in [2.05, 4.69) is 36.6 Å². The van der Waals surface area contributed by atoms with Crippen LogP contribution < -0.4 is 4.72 Å². The van der Waals surface area contributed by atoms with Gasteiger partial charge in [-0.1, -0.05) is 79.9 Å². The normalized spacial score (nSPS) is 12.3. The summed E-state index contributed by atoms with van der Waals surface area (Å²) in [4.78, 5) is 0.261. The van der Waals surface area contributed by atoms with Crippen LogP contribution in [0.5, 0.6) is 0 Å². The van der Waals surface area contributed by atoms with E-state index in [1.807, 2.05) is 37.3 Å². The lowest BCUT2D eigenvalue weighted by Crippen LogP contribution is -2.33. The minimum atomic E-state index is -3.53. The minimum absolute atomic E-state index is 0.188. The summed E-state index contributed by atoms with van der Waals surface area (Å²) < 4.78 is 26.5. The molecule has 2 aromatic carbocycles. The minimum Gasteiger partial charge on any atom is -0.209 e. The van der Waals surface area contributed by atoms with Crippen molar-refractivity contribution in [1.82, 2.24) is 4.72 Å². The van der Waals surface area contributed by atoms with Gasteiger partial charge in [-0.05, 0) is 24.6 Å². The molecule has 0 unspecified atom stereocenters. The van der Waals surface area contributed by atoms with Gasteiger partial charge >= 0.3 is 0 Å². The van der Waals surface area contributed by atoms with E-state index < -0.39 is 13.3 Å². The molecule has 0 aliphatic heterocycles. The van der Waals surface area contributed by atoms with Gasteiger partial charge in [0.2, 0.25) is 10.0 Å². The molecular weight excluding hydrogens is 418 g/mol. The second kappa shape index (κ2) is 6.60. The van der Waals surface area contributed by atoms with Crippen LogP contribution in [0.2, 0.25) is 0 Å². The molecule has 2 rings (SSSR count). The Morgan fingerprint density at radius 2 is 1.57 bits per heavy atom. The Kier molecular flexibility index (Phi) is 5.24. The Labute approximate surface area is 142 Å². The standard InChI is InChI=1S/C15H15Br2NO2S/c1-12-7-9-14(10-8-12)21(19,20)18-11-15(16,17)13-5-3-2-4-6-13/h2-10,18H,11H2,1H3. The average Bonchev–Trinajstić information content (AvgIpc) is 2.47. The van der Waals surface area contributed by atoms with E-state index in [0.717, 1.165) is 11.1 Å². The number of halogens is 2. The molecule has 6 heteroatoms. The summed E-state index contributed by atoms with van der Waals surface area (Å²) in [5, 5.41) is 0. The van der Waals surface area contributed by atoms with Crippen molar-refractivity contribution in [2.45, 2.75) is 15.1 Å². The molecule has 0 aliphatic carbocycles. The van der Waals surface area contributed by atoms with Crippen molar-refractivity contribution in [1.29, 1.82) is 0 Å². The fraction of sp³-hybridized carbons (Fsp3) is 0.200. The largest absolute Gasteiger partial charge is 0.240 e. The Bertz CT molecular complexity index is 698. The molecule has 0 atom stereocenters. The first-order valence-electron chi connectivity index (χ1n) is 6.31. The smallest absolute Gasteiger partial charge is 0.209 e. The van der Waals surface area contributed by atoms with Gasteiger partial charge in [0.15, 0.2) is 0 Å². The Balaban J connectivity index is 2.13. The van der Waals surface area contributed by atoms with Gasteiger partial charge in [0.05, 0.1) is 4.90 Å². The molecule has 112 valence electrons. The summed E-state index contributed by atoms with van der Waals surface area (Å²) >= 11 is 7.03. The molecule has 0 aromatic heterocycles. The van der Waals surface area contributed by atoms with E-state index in [1.54, 1.807) is 24.3 Å². The van der Waals surface area contributed by atoms with Crippen molar-refractivity contribution >= 4 is 41.9 Å². The maximum atomic E-state index is 12.3. The number of rotatable bonds is 5. The molecule has 0 amide bonds. The second-order valence-electron chi connectivity index (χ2n) is 4.71. The van der Waals surface area contributed by atoms with Crippen LogP contribution in [0.4, 0.5) is 0 Å². The van der Waals surface area contributed by atoms with Crippen molar-refractivity contribution in [3.05, 3.63) is 65.7 Å².